The van der Waals surface area contributed by atoms with Crippen molar-refractivity contribution in [2.75, 3.05) is 6.54 Å². The molecule has 0 N–H and O–H groups in total. The summed E-state index contributed by atoms with van der Waals surface area (Å²) in [6.07, 6.45) is 2.25. The van der Waals surface area contributed by atoms with Gasteiger partial charge in [0.25, 0.3) is 0 Å². The summed E-state index contributed by atoms with van der Waals surface area (Å²) >= 11 is 1.60. The molecule has 0 spiro atoms. The molecule has 1 saturated heterocycles. The molecule has 1 fully saturated rings. The van der Waals surface area contributed by atoms with Crippen molar-refractivity contribution in [3.63, 3.8) is 0 Å². The van der Waals surface area contributed by atoms with Crippen molar-refractivity contribution >= 4 is 17.2 Å². The minimum Gasteiger partial charge on any atom is -0.337 e. The topological polar surface area (TPSA) is 72.1 Å². The van der Waals surface area contributed by atoms with E-state index in [2.05, 4.69) is 15.1 Å². The van der Waals surface area contributed by atoms with Gasteiger partial charge in [0.2, 0.25) is 11.8 Å². The van der Waals surface area contributed by atoms with Crippen LogP contribution in [-0.4, -0.2) is 32.5 Å². The minimum atomic E-state index is -0.0863. The van der Waals surface area contributed by atoms with Crippen LogP contribution in [0.15, 0.2) is 4.52 Å². The van der Waals surface area contributed by atoms with E-state index < -0.39 is 0 Å². The molecule has 124 valence electrons. The number of hydrogen-bond acceptors (Lipinski definition) is 6. The fourth-order valence-electron chi connectivity index (χ4n) is 2.92. The van der Waals surface area contributed by atoms with E-state index in [1.165, 1.54) is 0 Å². The second kappa shape index (κ2) is 6.39. The van der Waals surface area contributed by atoms with Gasteiger partial charge in [-0.1, -0.05) is 19.0 Å². The van der Waals surface area contributed by atoms with Gasteiger partial charge < -0.3 is 9.42 Å². The molecular weight excluding hydrogens is 312 g/mol. The third kappa shape index (κ3) is 3.29. The molecular formula is C16H22N4O2S. The zero-order chi connectivity index (χ0) is 16.6. The van der Waals surface area contributed by atoms with Crippen molar-refractivity contribution < 1.29 is 9.32 Å². The van der Waals surface area contributed by atoms with E-state index in [4.69, 9.17) is 4.52 Å². The average Bonchev–Trinajstić information content (AvgIpc) is 3.18. The number of thiazole rings is 1. The van der Waals surface area contributed by atoms with Crippen molar-refractivity contribution in [2.45, 2.75) is 58.9 Å². The molecule has 23 heavy (non-hydrogen) atoms. The van der Waals surface area contributed by atoms with Crippen molar-refractivity contribution in [3.8, 4) is 0 Å². The Hall–Kier alpha value is -1.76. The molecule has 0 bridgehead atoms. The lowest BCUT2D eigenvalue weighted by Crippen LogP contribution is -2.32. The fraction of sp³-hybridized carbons (Fsp3) is 0.625. The SMILES string of the molecule is Cc1nc(C)c(CC(=O)N2CCC[C@@H]2c2nc(C(C)C)no2)s1. The number of hydrogen-bond donors (Lipinski definition) is 0. The second-order valence-corrected chi connectivity index (χ2v) is 7.60. The van der Waals surface area contributed by atoms with Crippen LogP contribution in [-0.2, 0) is 11.2 Å². The summed E-state index contributed by atoms with van der Waals surface area (Å²) in [6, 6.07) is -0.0863. The summed E-state index contributed by atoms with van der Waals surface area (Å²) in [5.74, 6) is 1.61. The molecule has 3 heterocycles. The summed E-state index contributed by atoms with van der Waals surface area (Å²) in [6.45, 7) is 8.73. The number of aryl methyl sites for hydroxylation is 2. The highest BCUT2D eigenvalue weighted by Crippen LogP contribution is 2.32. The zero-order valence-corrected chi connectivity index (χ0v) is 14.8. The predicted octanol–water partition coefficient (Wildman–Crippen LogP) is 3.17. The first kappa shape index (κ1) is 16.1. The largest absolute Gasteiger partial charge is 0.337 e. The molecule has 3 rings (SSSR count). The standard InChI is InChI=1S/C16H22N4O2S/c1-9(2)15-18-16(22-19-15)12-6-5-7-20(12)14(21)8-13-10(3)17-11(4)23-13/h9,12H,5-8H2,1-4H3/t12-/m1/s1. The maximum Gasteiger partial charge on any atom is 0.249 e. The van der Waals surface area contributed by atoms with Gasteiger partial charge in [-0.25, -0.2) is 4.98 Å². The van der Waals surface area contributed by atoms with Crippen LogP contribution in [0.3, 0.4) is 0 Å². The van der Waals surface area contributed by atoms with Gasteiger partial charge >= 0.3 is 0 Å². The van der Waals surface area contributed by atoms with E-state index in [9.17, 15) is 4.79 Å². The predicted molar refractivity (Wildman–Crippen MR) is 87.4 cm³/mol. The van der Waals surface area contributed by atoms with Crippen LogP contribution in [0.25, 0.3) is 0 Å². The van der Waals surface area contributed by atoms with Crippen LogP contribution in [0.2, 0.25) is 0 Å². The van der Waals surface area contributed by atoms with E-state index in [1.54, 1.807) is 11.3 Å². The average molecular weight is 334 g/mol. The number of amides is 1. The number of aromatic nitrogens is 3. The highest BCUT2D eigenvalue weighted by atomic mass is 32.1. The molecule has 0 saturated carbocycles. The second-order valence-electron chi connectivity index (χ2n) is 6.31. The maximum absolute atomic E-state index is 12.7. The van der Waals surface area contributed by atoms with Gasteiger partial charge in [-0.15, -0.1) is 11.3 Å². The van der Waals surface area contributed by atoms with E-state index in [0.29, 0.717) is 18.1 Å². The van der Waals surface area contributed by atoms with Crippen LogP contribution in [0.5, 0.6) is 0 Å². The molecule has 0 aromatic carbocycles. The van der Waals surface area contributed by atoms with Gasteiger partial charge in [0.1, 0.15) is 6.04 Å². The lowest BCUT2D eigenvalue weighted by Gasteiger charge is -2.21. The molecule has 7 heteroatoms. The van der Waals surface area contributed by atoms with Gasteiger partial charge in [-0.2, -0.15) is 4.98 Å². The molecule has 0 aliphatic carbocycles. The normalized spacial score (nSPS) is 18.1. The first-order chi connectivity index (χ1) is 11.0. The molecule has 2 aromatic heterocycles. The molecule has 2 aromatic rings. The Morgan fingerprint density at radius 3 is 2.78 bits per heavy atom. The highest BCUT2D eigenvalue weighted by molar-refractivity contribution is 7.11. The van der Waals surface area contributed by atoms with Crippen molar-refractivity contribution in [3.05, 3.63) is 27.3 Å². The van der Waals surface area contributed by atoms with Gasteiger partial charge in [-0.05, 0) is 26.7 Å². The lowest BCUT2D eigenvalue weighted by atomic mass is 10.2. The van der Waals surface area contributed by atoms with E-state index >= 15 is 0 Å². The third-order valence-corrected chi connectivity index (χ3v) is 5.22. The van der Waals surface area contributed by atoms with Crippen LogP contribution in [0, 0.1) is 13.8 Å². The van der Waals surface area contributed by atoms with Crippen LogP contribution in [0.4, 0.5) is 0 Å². The number of likely N-dealkylation sites (tertiary alicyclic amines) is 1. The first-order valence-electron chi connectivity index (χ1n) is 8.01. The lowest BCUT2D eigenvalue weighted by molar-refractivity contribution is -0.131. The fourth-order valence-corrected chi connectivity index (χ4v) is 3.84. The summed E-state index contributed by atoms with van der Waals surface area (Å²) in [7, 11) is 0. The summed E-state index contributed by atoms with van der Waals surface area (Å²) < 4.78 is 5.40. The summed E-state index contributed by atoms with van der Waals surface area (Å²) in [5, 5.41) is 5.03. The monoisotopic (exact) mass is 334 g/mol. The van der Waals surface area contributed by atoms with Gasteiger partial charge in [-0.3, -0.25) is 4.79 Å². The number of rotatable bonds is 4. The number of carbonyl (C=O) groups excluding carboxylic acids is 1. The molecule has 1 aliphatic heterocycles. The molecule has 1 aliphatic rings. The Bertz CT molecular complexity index is 707. The Labute approximate surface area is 139 Å². The van der Waals surface area contributed by atoms with Gasteiger partial charge in [0, 0.05) is 17.3 Å². The Kier molecular flexibility index (Phi) is 4.48. The first-order valence-corrected chi connectivity index (χ1v) is 8.83. The van der Waals surface area contributed by atoms with Gasteiger partial charge in [0.05, 0.1) is 17.1 Å². The summed E-state index contributed by atoms with van der Waals surface area (Å²) in [5.41, 5.74) is 0.955. The molecule has 6 nitrogen and oxygen atoms in total. The molecule has 1 atom stereocenters. The zero-order valence-electron chi connectivity index (χ0n) is 14.0. The summed E-state index contributed by atoms with van der Waals surface area (Å²) in [4.78, 5) is 24.5. The Balaban J connectivity index is 1.75. The van der Waals surface area contributed by atoms with Gasteiger partial charge in [0.15, 0.2) is 5.82 Å². The Morgan fingerprint density at radius 1 is 1.39 bits per heavy atom. The smallest absolute Gasteiger partial charge is 0.249 e. The highest BCUT2D eigenvalue weighted by Gasteiger charge is 2.34. The van der Waals surface area contributed by atoms with Crippen LogP contribution in [0.1, 0.15) is 65.9 Å². The van der Waals surface area contributed by atoms with Crippen LogP contribution >= 0.6 is 11.3 Å². The maximum atomic E-state index is 12.7. The van der Waals surface area contributed by atoms with Crippen LogP contribution < -0.4 is 0 Å². The molecule has 0 radical (unpaired) electrons. The van der Waals surface area contributed by atoms with E-state index in [1.807, 2.05) is 32.6 Å². The van der Waals surface area contributed by atoms with E-state index in [-0.39, 0.29) is 17.9 Å². The quantitative estimate of drug-likeness (QED) is 0.859. The Morgan fingerprint density at radius 2 is 2.17 bits per heavy atom. The van der Waals surface area contributed by atoms with Crippen molar-refractivity contribution in [1.82, 2.24) is 20.0 Å². The number of nitrogens with zero attached hydrogens (tertiary/aromatic N) is 4. The minimum absolute atomic E-state index is 0.0863. The number of carbonyl (C=O) groups is 1. The molecule has 1 amide bonds. The third-order valence-electron chi connectivity index (χ3n) is 4.14. The molecule has 0 unspecified atom stereocenters. The van der Waals surface area contributed by atoms with Crippen molar-refractivity contribution in [2.24, 2.45) is 0 Å². The van der Waals surface area contributed by atoms with Crippen molar-refractivity contribution in [1.29, 1.82) is 0 Å². The van der Waals surface area contributed by atoms with E-state index in [0.717, 1.165) is 35.0 Å².